The third-order valence-electron chi connectivity index (χ3n) is 4.10. The van der Waals surface area contributed by atoms with Crippen molar-refractivity contribution in [2.45, 2.75) is 18.3 Å². The Balaban J connectivity index is 1.56. The molecule has 130 valence electrons. The molecule has 8 heteroatoms. The molecule has 0 saturated carbocycles. The minimum atomic E-state index is -0.314. The number of alkyl halides is 1. The molecule has 2 aliphatic rings. The number of fused-ring (bicyclic) bond motifs is 1. The second-order valence-corrected chi connectivity index (χ2v) is 6.43. The standard InChI is InChI=1S/C18H15ClN6O/c1-10(13-9-11-8-12(19)2-3-14(11)23-17(13)26)22-18-20-6-4-15(24-18)16-5-7-21-25-16/h2-10,12H,1H3,(H,21,25)(H,20,22,24)/t10-,12?/m0/s1. The third kappa shape index (κ3) is 3.21. The number of dihydropyridines is 1. The number of hydrogen-bond acceptors (Lipinski definition) is 5. The summed E-state index contributed by atoms with van der Waals surface area (Å²) in [6, 6.07) is 3.29. The summed E-state index contributed by atoms with van der Waals surface area (Å²) in [6.07, 6.45) is 10.6. The van der Waals surface area contributed by atoms with E-state index in [1.165, 1.54) is 0 Å². The Morgan fingerprint density at radius 2 is 2.19 bits per heavy atom. The van der Waals surface area contributed by atoms with E-state index in [2.05, 4.69) is 30.5 Å². The normalized spacial score (nSPS) is 20.0. The predicted octanol–water partition coefficient (Wildman–Crippen LogP) is 2.68. The highest BCUT2D eigenvalue weighted by atomic mass is 35.5. The van der Waals surface area contributed by atoms with Gasteiger partial charge in [-0.1, -0.05) is 12.2 Å². The zero-order valence-corrected chi connectivity index (χ0v) is 14.6. The van der Waals surface area contributed by atoms with Crippen LogP contribution in [0.15, 0.2) is 65.0 Å². The van der Waals surface area contributed by atoms with Crippen LogP contribution in [0.4, 0.5) is 5.95 Å². The number of halogens is 1. The van der Waals surface area contributed by atoms with Gasteiger partial charge in [0.25, 0.3) is 5.91 Å². The van der Waals surface area contributed by atoms with Crippen LogP contribution in [-0.2, 0) is 4.79 Å². The summed E-state index contributed by atoms with van der Waals surface area (Å²) >= 11 is 6.12. The lowest BCUT2D eigenvalue weighted by molar-refractivity contribution is -0.114. The van der Waals surface area contributed by atoms with Gasteiger partial charge in [0.05, 0.1) is 28.5 Å². The third-order valence-corrected chi connectivity index (χ3v) is 4.37. The lowest BCUT2D eigenvalue weighted by Crippen LogP contribution is -2.27. The first kappa shape index (κ1) is 16.4. The van der Waals surface area contributed by atoms with E-state index in [0.29, 0.717) is 22.9 Å². The predicted molar refractivity (Wildman–Crippen MR) is 100 cm³/mol. The van der Waals surface area contributed by atoms with Crippen molar-refractivity contribution in [2.75, 3.05) is 5.32 Å². The number of carbonyl (C=O) groups is 1. The molecule has 0 fully saturated rings. The molecule has 1 aliphatic heterocycles. The van der Waals surface area contributed by atoms with Gasteiger partial charge in [-0.2, -0.15) is 5.10 Å². The van der Waals surface area contributed by atoms with Gasteiger partial charge in [-0.25, -0.2) is 15.0 Å². The van der Waals surface area contributed by atoms with Gasteiger partial charge in [0.1, 0.15) is 0 Å². The first-order chi connectivity index (χ1) is 12.6. The summed E-state index contributed by atoms with van der Waals surface area (Å²) in [4.78, 5) is 25.2. The number of aliphatic imine (C=N–C) groups is 1. The van der Waals surface area contributed by atoms with Gasteiger partial charge in [-0.15, -0.1) is 11.6 Å². The summed E-state index contributed by atoms with van der Waals surface area (Å²) in [6.45, 7) is 1.87. The van der Waals surface area contributed by atoms with Crippen LogP contribution in [0.5, 0.6) is 0 Å². The fourth-order valence-electron chi connectivity index (χ4n) is 2.78. The smallest absolute Gasteiger partial charge is 0.275 e. The highest BCUT2D eigenvalue weighted by Gasteiger charge is 2.25. The molecule has 2 N–H and O–H groups in total. The molecule has 2 atom stereocenters. The topological polar surface area (TPSA) is 95.9 Å². The Bertz CT molecular complexity index is 973. The molecular weight excluding hydrogens is 352 g/mol. The zero-order valence-electron chi connectivity index (χ0n) is 13.8. The van der Waals surface area contributed by atoms with Crippen LogP contribution in [-0.4, -0.2) is 43.2 Å². The minimum Gasteiger partial charge on any atom is -0.347 e. The summed E-state index contributed by atoms with van der Waals surface area (Å²) in [5.41, 5.74) is 3.53. The van der Waals surface area contributed by atoms with Crippen molar-refractivity contribution < 1.29 is 4.79 Å². The van der Waals surface area contributed by atoms with Gasteiger partial charge in [-0.3, -0.25) is 9.89 Å². The molecule has 2 aromatic rings. The molecule has 0 spiro atoms. The molecule has 26 heavy (non-hydrogen) atoms. The van der Waals surface area contributed by atoms with Crippen LogP contribution in [0, 0.1) is 0 Å². The van der Waals surface area contributed by atoms with Crippen molar-refractivity contribution in [2.24, 2.45) is 4.99 Å². The maximum Gasteiger partial charge on any atom is 0.275 e. The monoisotopic (exact) mass is 366 g/mol. The fraction of sp³-hybridized carbons (Fsp3) is 0.167. The number of allylic oxidation sites excluding steroid dienone is 5. The highest BCUT2D eigenvalue weighted by Crippen LogP contribution is 2.24. The van der Waals surface area contributed by atoms with Gasteiger partial charge < -0.3 is 5.32 Å². The molecular formula is C18H15ClN6O. The van der Waals surface area contributed by atoms with E-state index < -0.39 is 0 Å². The van der Waals surface area contributed by atoms with Gasteiger partial charge in [0, 0.05) is 18.0 Å². The Morgan fingerprint density at radius 1 is 1.31 bits per heavy atom. The lowest BCUT2D eigenvalue weighted by Gasteiger charge is -2.21. The SMILES string of the molecule is C[C@H](Nc1nccc(-c2ccn[nH]2)n1)C1=CC2=CC(Cl)C=CC2=NC1=O. The van der Waals surface area contributed by atoms with Crippen molar-refractivity contribution in [3.8, 4) is 11.4 Å². The number of carbonyl (C=O) groups excluding carboxylic acids is 1. The van der Waals surface area contributed by atoms with Gasteiger partial charge >= 0.3 is 0 Å². The molecule has 3 heterocycles. The number of nitrogens with one attached hydrogen (secondary N) is 2. The zero-order chi connectivity index (χ0) is 18.1. The van der Waals surface area contributed by atoms with Crippen LogP contribution >= 0.6 is 11.6 Å². The van der Waals surface area contributed by atoms with Crippen molar-refractivity contribution in [3.63, 3.8) is 0 Å². The van der Waals surface area contributed by atoms with Crippen LogP contribution in [0.3, 0.4) is 0 Å². The van der Waals surface area contributed by atoms with Gasteiger partial charge in [0.15, 0.2) is 0 Å². The molecule has 0 radical (unpaired) electrons. The van der Waals surface area contributed by atoms with Crippen molar-refractivity contribution in [1.82, 2.24) is 20.2 Å². The van der Waals surface area contributed by atoms with E-state index in [4.69, 9.17) is 11.6 Å². The molecule has 7 nitrogen and oxygen atoms in total. The number of hydrogen-bond donors (Lipinski definition) is 2. The number of nitrogens with zero attached hydrogens (tertiary/aromatic N) is 4. The van der Waals surface area contributed by atoms with Crippen molar-refractivity contribution in [3.05, 3.63) is 60.0 Å². The summed E-state index contributed by atoms with van der Waals surface area (Å²) < 4.78 is 0. The van der Waals surface area contributed by atoms with Gasteiger partial charge in [-0.05, 0) is 36.8 Å². The average molecular weight is 367 g/mol. The van der Waals surface area contributed by atoms with Crippen molar-refractivity contribution in [1.29, 1.82) is 0 Å². The Labute approximate surface area is 154 Å². The summed E-state index contributed by atoms with van der Waals surface area (Å²) in [7, 11) is 0. The molecule has 1 amide bonds. The molecule has 1 unspecified atom stereocenters. The molecule has 2 aromatic heterocycles. The maximum absolute atomic E-state index is 12.4. The molecule has 0 saturated heterocycles. The van der Waals surface area contributed by atoms with Crippen molar-refractivity contribution >= 4 is 29.2 Å². The van der Waals surface area contributed by atoms with Crippen LogP contribution in [0.25, 0.3) is 11.4 Å². The number of rotatable bonds is 4. The fourth-order valence-corrected chi connectivity index (χ4v) is 2.99. The average Bonchev–Trinajstić information content (AvgIpc) is 3.16. The highest BCUT2D eigenvalue weighted by molar-refractivity contribution is 6.27. The second-order valence-electron chi connectivity index (χ2n) is 5.93. The first-order valence-corrected chi connectivity index (χ1v) is 8.52. The van der Waals surface area contributed by atoms with Crippen LogP contribution < -0.4 is 5.32 Å². The molecule has 4 rings (SSSR count). The quantitative estimate of drug-likeness (QED) is 0.811. The minimum absolute atomic E-state index is 0.202. The second kappa shape index (κ2) is 6.68. The number of amides is 1. The van der Waals surface area contributed by atoms with E-state index in [0.717, 1.165) is 11.3 Å². The number of aromatic amines is 1. The summed E-state index contributed by atoms with van der Waals surface area (Å²) in [5, 5.41) is 9.74. The van der Waals surface area contributed by atoms with E-state index in [1.807, 2.05) is 25.1 Å². The largest absolute Gasteiger partial charge is 0.347 e. The van der Waals surface area contributed by atoms with E-state index in [1.54, 1.807) is 30.6 Å². The Hall–Kier alpha value is -3.06. The molecule has 0 bridgehead atoms. The molecule has 1 aliphatic carbocycles. The lowest BCUT2D eigenvalue weighted by atomic mass is 9.95. The number of aromatic nitrogens is 4. The van der Waals surface area contributed by atoms with Crippen LogP contribution in [0.2, 0.25) is 0 Å². The van der Waals surface area contributed by atoms with Crippen LogP contribution in [0.1, 0.15) is 6.92 Å². The molecule has 0 aromatic carbocycles. The first-order valence-electron chi connectivity index (χ1n) is 8.08. The van der Waals surface area contributed by atoms with E-state index >= 15 is 0 Å². The number of anilines is 1. The Morgan fingerprint density at radius 3 is 3.00 bits per heavy atom. The number of H-pyrrole nitrogens is 1. The van der Waals surface area contributed by atoms with Gasteiger partial charge in [0.2, 0.25) is 5.95 Å². The Kier molecular flexibility index (Phi) is 4.22. The summed E-state index contributed by atoms with van der Waals surface area (Å²) in [5.74, 6) is 0.139. The maximum atomic E-state index is 12.4. The van der Waals surface area contributed by atoms with E-state index in [-0.39, 0.29) is 17.3 Å². The van der Waals surface area contributed by atoms with E-state index in [9.17, 15) is 4.79 Å².